The molecule has 0 amide bonds. The Morgan fingerprint density at radius 1 is 1.38 bits per heavy atom. The van der Waals surface area contributed by atoms with E-state index >= 15 is 0 Å². The van der Waals surface area contributed by atoms with Gasteiger partial charge >= 0.3 is 0 Å². The van der Waals surface area contributed by atoms with E-state index in [0.29, 0.717) is 5.78 Å². The van der Waals surface area contributed by atoms with Crippen LogP contribution < -0.4 is 0 Å². The molecule has 0 spiro atoms. The predicted octanol–water partition coefficient (Wildman–Crippen LogP) is 2.01. The number of carbonyl (C=O) groups is 1. The summed E-state index contributed by atoms with van der Waals surface area (Å²) in [5.41, 5.74) is 1.02. The van der Waals surface area contributed by atoms with Gasteiger partial charge in [-0.3, -0.25) is 4.79 Å². The zero-order chi connectivity index (χ0) is 10.6. The van der Waals surface area contributed by atoms with Crippen molar-refractivity contribution in [2.45, 2.75) is 20.8 Å². The van der Waals surface area contributed by atoms with Gasteiger partial charge in [0, 0.05) is 5.92 Å². The second-order valence-electron chi connectivity index (χ2n) is 3.75. The van der Waals surface area contributed by atoms with Crippen LogP contribution in [0.1, 0.15) is 20.8 Å². The molecule has 0 heterocycles. The van der Waals surface area contributed by atoms with Gasteiger partial charge < -0.3 is 0 Å². The second-order valence-corrected chi connectivity index (χ2v) is 5.96. The van der Waals surface area contributed by atoms with Gasteiger partial charge in [0.15, 0.2) is 0 Å². The van der Waals surface area contributed by atoms with Gasteiger partial charge in [-0.25, -0.2) is 4.58 Å². The summed E-state index contributed by atoms with van der Waals surface area (Å²) in [7, 11) is 1.71. The summed E-state index contributed by atoms with van der Waals surface area (Å²) in [6.45, 7) is 11.2. The van der Waals surface area contributed by atoms with Gasteiger partial charge in [0.1, 0.15) is 13.6 Å². The van der Waals surface area contributed by atoms with Crippen molar-refractivity contribution in [3.05, 3.63) is 0 Å². The highest BCUT2D eigenvalue weighted by molar-refractivity contribution is 7.76. The van der Waals surface area contributed by atoms with Crippen LogP contribution >= 0.6 is 7.92 Å². The summed E-state index contributed by atoms with van der Waals surface area (Å²) in [6, 6.07) is 0. The van der Waals surface area contributed by atoms with Crippen LogP contribution in [-0.2, 0) is 4.79 Å². The quantitative estimate of drug-likeness (QED) is 0.388. The van der Waals surface area contributed by atoms with Crippen molar-refractivity contribution in [1.29, 1.82) is 0 Å². The van der Waals surface area contributed by atoms with Crippen molar-refractivity contribution >= 4 is 19.2 Å². The minimum Gasteiger partial charge on any atom is -0.287 e. The smallest absolute Gasteiger partial charge is 0.239 e. The van der Waals surface area contributed by atoms with Crippen LogP contribution in [0.25, 0.3) is 0 Å². The van der Waals surface area contributed by atoms with Gasteiger partial charge in [0.05, 0.1) is 0 Å². The fourth-order valence-corrected chi connectivity index (χ4v) is 2.68. The molecule has 76 valence electrons. The Morgan fingerprint density at radius 2 is 1.85 bits per heavy atom. The highest BCUT2D eigenvalue weighted by atomic mass is 31.1. The molecule has 0 unspecified atom stereocenters. The second kappa shape index (κ2) is 5.49. The molecule has 13 heavy (non-hydrogen) atoms. The lowest BCUT2D eigenvalue weighted by Gasteiger charge is -2.10. The number of Topliss-reactive ketones (excluding diaryl/α,β-unsaturated/α-hetero) is 1. The lowest BCUT2D eigenvalue weighted by Crippen LogP contribution is -2.27. The van der Waals surface area contributed by atoms with Crippen LogP contribution in [0.4, 0.5) is 0 Å². The summed E-state index contributed by atoms with van der Waals surface area (Å²) < 4.78 is 2.08. The SMILES string of the molecule is CC[N+](C)=C(C(=O)C(C)C)P(C)C. The van der Waals surface area contributed by atoms with Crippen LogP contribution in [0, 0.1) is 5.92 Å². The topological polar surface area (TPSA) is 20.1 Å². The van der Waals surface area contributed by atoms with E-state index in [1.54, 1.807) is 0 Å². The van der Waals surface area contributed by atoms with Crippen LogP contribution in [0.5, 0.6) is 0 Å². The lowest BCUT2D eigenvalue weighted by atomic mass is 10.1. The number of hydrogen-bond acceptors (Lipinski definition) is 1. The van der Waals surface area contributed by atoms with E-state index in [2.05, 4.69) is 24.8 Å². The van der Waals surface area contributed by atoms with E-state index in [-0.39, 0.29) is 13.8 Å². The van der Waals surface area contributed by atoms with Gasteiger partial charge in [-0.15, -0.1) is 0 Å². The maximum absolute atomic E-state index is 11.8. The largest absolute Gasteiger partial charge is 0.287 e. The molecule has 0 aromatic heterocycles. The summed E-state index contributed by atoms with van der Waals surface area (Å²) in [6.07, 6.45) is 0. The maximum Gasteiger partial charge on any atom is 0.239 e. The van der Waals surface area contributed by atoms with Crippen LogP contribution in [0.3, 0.4) is 0 Å². The highest BCUT2D eigenvalue weighted by Crippen LogP contribution is 2.28. The van der Waals surface area contributed by atoms with Crippen LogP contribution in [0.2, 0.25) is 0 Å². The Kier molecular flexibility index (Phi) is 5.39. The molecule has 0 aromatic carbocycles. The first-order valence-electron chi connectivity index (χ1n) is 4.71. The number of carbonyl (C=O) groups excluding carboxylic acids is 1. The van der Waals surface area contributed by atoms with Crippen molar-refractivity contribution in [2.75, 3.05) is 26.9 Å². The standard InChI is InChI=1S/C10H21NOP/c1-7-11(4)10(13(5)6)9(12)8(2)3/h8H,7H2,1-6H3/q+1. The predicted molar refractivity (Wildman–Crippen MR) is 60.3 cm³/mol. The average Bonchev–Trinajstić information content (AvgIpc) is 2.03. The minimum absolute atomic E-state index is 0.119. The molecule has 0 aliphatic carbocycles. The maximum atomic E-state index is 11.8. The highest BCUT2D eigenvalue weighted by Gasteiger charge is 2.25. The van der Waals surface area contributed by atoms with Crippen molar-refractivity contribution in [2.24, 2.45) is 5.92 Å². The molecule has 2 nitrogen and oxygen atoms in total. The van der Waals surface area contributed by atoms with Gasteiger partial charge in [0.2, 0.25) is 11.2 Å². The molecule has 0 saturated heterocycles. The van der Waals surface area contributed by atoms with E-state index in [1.165, 1.54) is 0 Å². The molecule has 0 atom stereocenters. The lowest BCUT2D eigenvalue weighted by molar-refractivity contribution is -0.489. The Hall–Kier alpha value is -0.230. The van der Waals surface area contributed by atoms with Crippen molar-refractivity contribution in [3.8, 4) is 0 Å². The molecular weight excluding hydrogens is 181 g/mol. The molecule has 0 aliphatic rings. The summed E-state index contributed by atoms with van der Waals surface area (Å²) in [5.74, 6) is 0.425. The van der Waals surface area contributed by atoms with Gasteiger partial charge in [-0.1, -0.05) is 13.8 Å². The van der Waals surface area contributed by atoms with E-state index in [1.807, 2.05) is 20.9 Å². The molecule has 0 N–H and O–H groups in total. The Bertz CT molecular complexity index is 219. The molecule has 0 bridgehead atoms. The molecular formula is C10H21NOP+. The summed E-state index contributed by atoms with van der Waals surface area (Å²) in [5, 5.41) is 0. The van der Waals surface area contributed by atoms with Gasteiger partial charge in [-0.05, 0) is 28.2 Å². The zero-order valence-corrected chi connectivity index (χ0v) is 10.5. The summed E-state index contributed by atoms with van der Waals surface area (Å²) in [4.78, 5) is 11.8. The normalized spacial score (nSPS) is 13.5. The van der Waals surface area contributed by atoms with E-state index < -0.39 is 0 Å². The van der Waals surface area contributed by atoms with E-state index in [9.17, 15) is 4.79 Å². The fraction of sp³-hybridized carbons (Fsp3) is 0.800. The van der Waals surface area contributed by atoms with Crippen LogP contribution in [-0.4, -0.2) is 42.7 Å². The van der Waals surface area contributed by atoms with Crippen molar-refractivity contribution in [1.82, 2.24) is 0 Å². The van der Waals surface area contributed by atoms with Gasteiger partial charge in [0.25, 0.3) is 0 Å². The Morgan fingerprint density at radius 3 is 2.08 bits per heavy atom. The minimum atomic E-state index is -0.288. The molecule has 0 rings (SSSR count). The first-order valence-corrected chi connectivity index (χ1v) is 6.95. The molecule has 0 aliphatic heterocycles. The van der Waals surface area contributed by atoms with E-state index in [0.717, 1.165) is 12.0 Å². The molecule has 3 heteroatoms. The zero-order valence-electron chi connectivity index (χ0n) is 9.59. The third kappa shape index (κ3) is 3.56. The number of rotatable bonds is 4. The molecule has 0 fully saturated rings. The summed E-state index contributed by atoms with van der Waals surface area (Å²) >= 11 is 0. The van der Waals surface area contributed by atoms with Gasteiger partial charge in [-0.2, -0.15) is 0 Å². The monoisotopic (exact) mass is 202 g/mol. The number of hydrogen-bond donors (Lipinski definition) is 0. The van der Waals surface area contributed by atoms with Crippen molar-refractivity contribution < 1.29 is 9.37 Å². The number of ketones is 1. The first-order chi connectivity index (χ1) is 5.91. The molecule has 0 aromatic rings. The Labute approximate surface area is 82.8 Å². The molecule has 0 saturated carbocycles. The molecule has 0 radical (unpaired) electrons. The average molecular weight is 202 g/mol. The third-order valence-electron chi connectivity index (χ3n) is 2.00. The van der Waals surface area contributed by atoms with E-state index in [4.69, 9.17) is 0 Å². The van der Waals surface area contributed by atoms with Crippen molar-refractivity contribution in [3.63, 3.8) is 0 Å². The Balaban J connectivity index is 4.94. The first kappa shape index (κ1) is 12.8. The third-order valence-corrected chi connectivity index (χ3v) is 3.41. The fourth-order valence-electron chi connectivity index (χ4n) is 1.16. The number of nitrogens with zero attached hydrogens (tertiary/aromatic N) is 1. The van der Waals surface area contributed by atoms with Crippen LogP contribution in [0.15, 0.2) is 0 Å².